The lowest BCUT2D eigenvalue weighted by Gasteiger charge is -2.32. The number of nitrogens with zero attached hydrogens (tertiary/aromatic N) is 1. The summed E-state index contributed by atoms with van der Waals surface area (Å²) in [5, 5.41) is 26.0. The lowest BCUT2D eigenvalue weighted by Crippen LogP contribution is -2.55. The number of amides is 2. The SMILES string of the molecule is N=C(N)C1CCC(CNC(=O)[C@@H]2CCCN2C(=O)[C@@H](CC2CCCCC2)NCC(=O)O)NC1. The van der Waals surface area contributed by atoms with Crippen LogP contribution in [0.2, 0.25) is 0 Å². The van der Waals surface area contributed by atoms with Crippen LogP contribution in [0.15, 0.2) is 0 Å². The highest BCUT2D eigenvalue weighted by molar-refractivity contribution is 5.90. The van der Waals surface area contributed by atoms with Gasteiger partial charge in [-0.3, -0.25) is 25.1 Å². The zero-order chi connectivity index (χ0) is 23.8. The molecule has 2 unspecified atom stereocenters. The van der Waals surface area contributed by atoms with Crippen LogP contribution in [0.5, 0.6) is 0 Å². The summed E-state index contributed by atoms with van der Waals surface area (Å²) >= 11 is 0. The summed E-state index contributed by atoms with van der Waals surface area (Å²) in [5.74, 6) is -0.617. The number of aliphatic carboxylic acids is 1. The maximum absolute atomic E-state index is 13.4. The summed E-state index contributed by atoms with van der Waals surface area (Å²) in [7, 11) is 0. The maximum Gasteiger partial charge on any atom is 0.317 e. The molecule has 7 N–H and O–H groups in total. The fourth-order valence-corrected chi connectivity index (χ4v) is 5.44. The highest BCUT2D eigenvalue weighted by atomic mass is 16.4. The first kappa shape index (κ1) is 25.4. The number of hydrogen-bond donors (Lipinski definition) is 6. The van der Waals surface area contributed by atoms with Crippen LogP contribution in [0.1, 0.15) is 64.2 Å². The summed E-state index contributed by atoms with van der Waals surface area (Å²) in [6, 6.07) is -0.945. The Hall–Kier alpha value is -2.20. The van der Waals surface area contributed by atoms with Crippen LogP contribution < -0.4 is 21.7 Å². The highest BCUT2D eigenvalue weighted by Gasteiger charge is 2.38. The molecular weight excluding hydrogens is 424 g/mol. The molecule has 0 spiro atoms. The molecule has 1 aliphatic carbocycles. The second-order valence-corrected chi connectivity index (χ2v) is 9.84. The van der Waals surface area contributed by atoms with Crippen LogP contribution in [0.4, 0.5) is 0 Å². The molecule has 1 saturated carbocycles. The van der Waals surface area contributed by atoms with E-state index in [1.165, 1.54) is 6.42 Å². The summed E-state index contributed by atoms with van der Waals surface area (Å²) in [5.41, 5.74) is 5.58. The van der Waals surface area contributed by atoms with Crippen LogP contribution in [-0.4, -0.2) is 77.9 Å². The lowest BCUT2D eigenvalue weighted by molar-refractivity contribution is -0.141. The molecule has 3 fully saturated rings. The van der Waals surface area contributed by atoms with Crippen LogP contribution in [0, 0.1) is 17.2 Å². The van der Waals surface area contributed by atoms with Crippen molar-refractivity contribution in [1.29, 1.82) is 5.41 Å². The second kappa shape index (κ2) is 12.3. The van der Waals surface area contributed by atoms with Gasteiger partial charge in [0.2, 0.25) is 11.8 Å². The predicted octanol–water partition coefficient (Wildman–Crippen LogP) is 0.411. The van der Waals surface area contributed by atoms with Crippen molar-refractivity contribution < 1.29 is 19.5 Å². The van der Waals surface area contributed by atoms with Crippen molar-refractivity contribution in [3.63, 3.8) is 0 Å². The fraction of sp³-hybridized carbons (Fsp3) is 0.826. The van der Waals surface area contributed by atoms with Crippen molar-refractivity contribution in [2.24, 2.45) is 17.6 Å². The Labute approximate surface area is 195 Å². The van der Waals surface area contributed by atoms with Gasteiger partial charge in [-0.1, -0.05) is 32.1 Å². The van der Waals surface area contributed by atoms with Crippen molar-refractivity contribution in [1.82, 2.24) is 20.9 Å². The molecule has 0 radical (unpaired) electrons. The zero-order valence-corrected chi connectivity index (χ0v) is 19.5. The molecule has 4 atom stereocenters. The van der Waals surface area contributed by atoms with E-state index in [0.29, 0.717) is 38.4 Å². The minimum atomic E-state index is -0.987. The molecule has 3 rings (SSSR count). The number of carbonyl (C=O) groups excluding carboxylic acids is 2. The zero-order valence-electron chi connectivity index (χ0n) is 19.5. The van der Waals surface area contributed by atoms with Gasteiger partial charge in [-0.05, 0) is 38.0 Å². The van der Waals surface area contributed by atoms with E-state index in [0.717, 1.165) is 44.9 Å². The number of piperidine rings is 1. The minimum absolute atomic E-state index is 0.0549. The van der Waals surface area contributed by atoms with Gasteiger partial charge in [0.25, 0.3) is 0 Å². The van der Waals surface area contributed by atoms with Crippen LogP contribution >= 0.6 is 0 Å². The van der Waals surface area contributed by atoms with Gasteiger partial charge >= 0.3 is 5.97 Å². The minimum Gasteiger partial charge on any atom is -0.480 e. The van der Waals surface area contributed by atoms with Gasteiger partial charge in [-0.25, -0.2) is 0 Å². The summed E-state index contributed by atoms with van der Waals surface area (Å²) in [6.45, 7) is 1.38. The number of nitrogens with two attached hydrogens (primary N) is 1. The van der Waals surface area contributed by atoms with Crippen molar-refractivity contribution in [2.75, 3.05) is 26.2 Å². The third kappa shape index (κ3) is 7.40. The maximum atomic E-state index is 13.4. The van der Waals surface area contributed by atoms with E-state index in [2.05, 4.69) is 16.0 Å². The highest BCUT2D eigenvalue weighted by Crippen LogP contribution is 2.29. The average molecular weight is 465 g/mol. The quantitative estimate of drug-likeness (QED) is 0.202. The first-order valence-corrected chi connectivity index (χ1v) is 12.5. The van der Waals surface area contributed by atoms with Gasteiger partial charge in [0.05, 0.1) is 18.4 Å². The number of hydrogen-bond acceptors (Lipinski definition) is 6. The van der Waals surface area contributed by atoms with E-state index in [-0.39, 0.29) is 36.2 Å². The molecule has 0 aromatic rings. The van der Waals surface area contributed by atoms with Gasteiger partial charge in [0, 0.05) is 31.6 Å². The van der Waals surface area contributed by atoms with Crippen LogP contribution in [0.3, 0.4) is 0 Å². The standard InChI is InChI=1S/C23H40N6O4/c24-21(25)16-8-9-17(26-12-16)13-28-22(32)19-7-4-10-29(19)23(33)18(27-14-20(30)31)11-15-5-2-1-3-6-15/h15-19,26-27H,1-14H2,(H3,24,25)(H,28,32)(H,30,31)/t16?,17?,18-,19+/m1/s1. The number of carbonyl (C=O) groups is 3. The Balaban J connectivity index is 1.54. The Bertz CT molecular complexity index is 703. The Kier molecular flexibility index (Phi) is 9.49. The van der Waals surface area contributed by atoms with Gasteiger partial charge in [0.15, 0.2) is 0 Å². The largest absolute Gasteiger partial charge is 0.480 e. The third-order valence-corrected chi connectivity index (χ3v) is 7.41. The molecule has 0 bridgehead atoms. The third-order valence-electron chi connectivity index (χ3n) is 7.41. The number of nitrogens with one attached hydrogen (secondary N) is 4. The van der Waals surface area contributed by atoms with Crippen molar-refractivity contribution in [3.8, 4) is 0 Å². The van der Waals surface area contributed by atoms with Crippen LogP contribution in [0.25, 0.3) is 0 Å². The molecule has 3 aliphatic rings. The normalized spacial score (nSPS) is 27.2. The van der Waals surface area contributed by atoms with Crippen molar-refractivity contribution in [2.45, 2.75) is 82.3 Å². The smallest absolute Gasteiger partial charge is 0.317 e. The topological polar surface area (TPSA) is 161 Å². The number of carboxylic acids is 1. The Morgan fingerprint density at radius 3 is 2.48 bits per heavy atom. The molecule has 10 nitrogen and oxygen atoms in total. The van der Waals surface area contributed by atoms with E-state index >= 15 is 0 Å². The molecule has 186 valence electrons. The molecule has 10 heteroatoms. The van der Waals surface area contributed by atoms with E-state index in [1.54, 1.807) is 4.90 Å². The summed E-state index contributed by atoms with van der Waals surface area (Å²) in [4.78, 5) is 39.1. The molecule has 2 aliphatic heterocycles. The Morgan fingerprint density at radius 2 is 1.85 bits per heavy atom. The predicted molar refractivity (Wildman–Crippen MR) is 125 cm³/mol. The van der Waals surface area contributed by atoms with Crippen molar-refractivity contribution >= 4 is 23.6 Å². The molecule has 2 heterocycles. The number of carboxylic acid groups (broad SMARTS) is 1. The van der Waals surface area contributed by atoms with E-state index in [4.69, 9.17) is 16.2 Å². The first-order chi connectivity index (χ1) is 15.8. The molecule has 0 aromatic carbocycles. The molecule has 2 amide bonds. The first-order valence-electron chi connectivity index (χ1n) is 12.5. The number of rotatable bonds is 10. The number of likely N-dealkylation sites (tertiary alicyclic amines) is 1. The van der Waals surface area contributed by atoms with Gasteiger partial charge < -0.3 is 26.4 Å². The number of amidine groups is 1. The summed E-state index contributed by atoms with van der Waals surface area (Å²) < 4.78 is 0. The molecule has 2 saturated heterocycles. The monoisotopic (exact) mass is 464 g/mol. The molecular formula is C23H40N6O4. The fourth-order valence-electron chi connectivity index (χ4n) is 5.44. The lowest BCUT2D eigenvalue weighted by atomic mass is 9.84. The Morgan fingerprint density at radius 1 is 1.09 bits per heavy atom. The van der Waals surface area contributed by atoms with Gasteiger partial charge in [-0.15, -0.1) is 0 Å². The average Bonchev–Trinajstić information content (AvgIpc) is 3.30. The van der Waals surface area contributed by atoms with Crippen LogP contribution in [-0.2, 0) is 14.4 Å². The molecule has 33 heavy (non-hydrogen) atoms. The van der Waals surface area contributed by atoms with Gasteiger partial charge in [-0.2, -0.15) is 0 Å². The van der Waals surface area contributed by atoms with E-state index in [9.17, 15) is 14.4 Å². The van der Waals surface area contributed by atoms with Gasteiger partial charge in [0.1, 0.15) is 6.04 Å². The van der Waals surface area contributed by atoms with Crippen molar-refractivity contribution in [3.05, 3.63) is 0 Å². The summed E-state index contributed by atoms with van der Waals surface area (Å²) in [6.07, 6.45) is 9.34. The van der Waals surface area contributed by atoms with E-state index in [1.807, 2.05) is 0 Å². The molecule has 0 aromatic heterocycles. The van der Waals surface area contributed by atoms with E-state index < -0.39 is 18.1 Å². The second-order valence-electron chi connectivity index (χ2n) is 9.84.